The standard InChI is InChI=1S/C21H21ClFN3O3/c1-12(24-20(28)29-21(2,3)4)18-25-15-11-10-14(23)17(22)16(15)19(27)26(18)13-8-6-5-7-9-13/h5-12H,1-4H3,(H,24,28)/t12-/m0/s1. The van der Waals surface area contributed by atoms with E-state index in [1.54, 1.807) is 58.0 Å². The lowest BCUT2D eigenvalue weighted by molar-refractivity contribution is 0.0505. The summed E-state index contributed by atoms with van der Waals surface area (Å²) < 4.78 is 20.6. The van der Waals surface area contributed by atoms with Crippen LogP contribution < -0.4 is 10.9 Å². The van der Waals surface area contributed by atoms with Crippen molar-refractivity contribution in [2.24, 2.45) is 0 Å². The van der Waals surface area contributed by atoms with Crippen molar-refractivity contribution in [3.63, 3.8) is 0 Å². The van der Waals surface area contributed by atoms with Gasteiger partial charge >= 0.3 is 6.09 Å². The van der Waals surface area contributed by atoms with E-state index in [9.17, 15) is 14.0 Å². The van der Waals surface area contributed by atoms with Crippen LogP contribution in [0.5, 0.6) is 0 Å². The van der Waals surface area contributed by atoms with Gasteiger partial charge in [-0.05, 0) is 52.0 Å². The second-order valence-corrected chi connectivity index (χ2v) is 7.95. The molecule has 0 aliphatic carbocycles. The zero-order valence-corrected chi connectivity index (χ0v) is 17.2. The Kier molecular flexibility index (Phi) is 5.61. The zero-order chi connectivity index (χ0) is 21.3. The Morgan fingerprint density at radius 2 is 1.86 bits per heavy atom. The van der Waals surface area contributed by atoms with Crippen LogP contribution >= 0.6 is 11.6 Å². The van der Waals surface area contributed by atoms with E-state index >= 15 is 0 Å². The number of aromatic nitrogens is 2. The van der Waals surface area contributed by atoms with Crippen molar-refractivity contribution >= 4 is 28.6 Å². The number of carbonyl (C=O) groups excluding carboxylic acids is 1. The SMILES string of the molecule is C[C@H](NC(=O)OC(C)(C)C)c1nc2ccc(F)c(Cl)c2c(=O)n1-c1ccccc1. The summed E-state index contributed by atoms with van der Waals surface area (Å²) in [6, 6.07) is 10.6. The number of halogens is 2. The van der Waals surface area contributed by atoms with Gasteiger partial charge in [0.05, 0.1) is 27.7 Å². The lowest BCUT2D eigenvalue weighted by atomic mass is 10.2. The maximum absolute atomic E-state index is 14.0. The second kappa shape index (κ2) is 7.83. The van der Waals surface area contributed by atoms with Gasteiger partial charge in [-0.2, -0.15) is 0 Å². The van der Waals surface area contributed by atoms with Crippen molar-refractivity contribution < 1.29 is 13.9 Å². The first kappa shape index (κ1) is 20.8. The van der Waals surface area contributed by atoms with Gasteiger partial charge in [0.1, 0.15) is 17.2 Å². The highest BCUT2D eigenvalue weighted by Gasteiger charge is 2.24. The van der Waals surface area contributed by atoms with Gasteiger partial charge in [0.2, 0.25) is 0 Å². The number of fused-ring (bicyclic) bond motifs is 1. The number of rotatable bonds is 3. The molecule has 1 atom stereocenters. The predicted molar refractivity (Wildman–Crippen MR) is 110 cm³/mol. The van der Waals surface area contributed by atoms with E-state index in [0.29, 0.717) is 5.69 Å². The third kappa shape index (κ3) is 4.40. The molecule has 8 heteroatoms. The highest BCUT2D eigenvalue weighted by atomic mass is 35.5. The number of nitrogens with one attached hydrogen (secondary N) is 1. The number of carbonyl (C=O) groups is 1. The lowest BCUT2D eigenvalue weighted by Crippen LogP contribution is -2.37. The van der Waals surface area contributed by atoms with Crippen molar-refractivity contribution in [1.29, 1.82) is 0 Å². The zero-order valence-electron chi connectivity index (χ0n) is 16.5. The van der Waals surface area contributed by atoms with E-state index in [0.717, 1.165) is 6.07 Å². The number of ether oxygens (including phenoxy) is 1. The van der Waals surface area contributed by atoms with Gasteiger partial charge in [0.15, 0.2) is 0 Å². The van der Waals surface area contributed by atoms with Crippen molar-refractivity contribution in [2.75, 3.05) is 0 Å². The first-order valence-corrected chi connectivity index (χ1v) is 9.42. The van der Waals surface area contributed by atoms with Crippen LogP contribution in [0.2, 0.25) is 5.02 Å². The summed E-state index contributed by atoms with van der Waals surface area (Å²) in [7, 11) is 0. The molecule has 3 aromatic rings. The molecule has 0 saturated carbocycles. The van der Waals surface area contributed by atoms with Crippen LogP contribution in [-0.4, -0.2) is 21.2 Å². The summed E-state index contributed by atoms with van der Waals surface area (Å²) in [6.07, 6.45) is -0.643. The maximum Gasteiger partial charge on any atom is 0.408 e. The minimum atomic E-state index is -0.703. The van der Waals surface area contributed by atoms with Gasteiger partial charge in [-0.1, -0.05) is 29.8 Å². The maximum atomic E-state index is 14.0. The Morgan fingerprint density at radius 3 is 2.48 bits per heavy atom. The van der Waals surface area contributed by atoms with Gasteiger partial charge in [0, 0.05) is 0 Å². The van der Waals surface area contributed by atoms with Crippen LogP contribution in [-0.2, 0) is 4.74 Å². The average molecular weight is 418 g/mol. The Morgan fingerprint density at radius 1 is 1.21 bits per heavy atom. The number of hydrogen-bond donors (Lipinski definition) is 1. The molecule has 0 unspecified atom stereocenters. The first-order chi connectivity index (χ1) is 13.6. The number of hydrogen-bond acceptors (Lipinski definition) is 4. The Hall–Kier alpha value is -2.93. The third-order valence-corrected chi connectivity index (χ3v) is 4.46. The summed E-state index contributed by atoms with van der Waals surface area (Å²) in [5, 5.41) is 2.38. The Labute approximate surface area is 172 Å². The van der Waals surface area contributed by atoms with Crippen LogP contribution in [0, 0.1) is 5.82 Å². The number of amides is 1. The molecule has 0 bridgehead atoms. The van der Waals surface area contributed by atoms with Crippen molar-refractivity contribution in [1.82, 2.24) is 14.9 Å². The smallest absolute Gasteiger partial charge is 0.408 e. The first-order valence-electron chi connectivity index (χ1n) is 9.04. The minimum absolute atomic E-state index is 0.0243. The number of para-hydroxylation sites is 1. The molecule has 1 heterocycles. The summed E-state index contributed by atoms with van der Waals surface area (Å²) in [4.78, 5) is 30.0. The van der Waals surface area contributed by atoms with Gasteiger partial charge in [-0.3, -0.25) is 9.36 Å². The summed E-state index contributed by atoms with van der Waals surface area (Å²) in [5.41, 5.74) is -0.454. The molecular formula is C21H21ClFN3O3. The fourth-order valence-corrected chi connectivity index (χ4v) is 3.13. The van der Waals surface area contributed by atoms with E-state index in [-0.39, 0.29) is 21.7 Å². The van der Waals surface area contributed by atoms with Crippen LogP contribution in [0.25, 0.3) is 16.6 Å². The minimum Gasteiger partial charge on any atom is -0.444 e. The Balaban J connectivity index is 2.19. The van der Waals surface area contributed by atoms with Crippen molar-refractivity contribution in [3.8, 4) is 5.69 Å². The molecule has 2 aromatic carbocycles. The molecule has 1 aromatic heterocycles. The molecule has 29 heavy (non-hydrogen) atoms. The van der Waals surface area contributed by atoms with Crippen LogP contribution in [0.1, 0.15) is 39.6 Å². The highest BCUT2D eigenvalue weighted by molar-refractivity contribution is 6.35. The summed E-state index contributed by atoms with van der Waals surface area (Å²) >= 11 is 6.06. The number of benzene rings is 2. The largest absolute Gasteiger partial charge is 0.444 e. The average Bonchev–Trinajstić information content (AvgIpc) is 2.63. The molecule has 0 radical (unpaired) electrons. The molecule has 0 spiro atoms. The molecule has 0 saturated heterocycles. The van der Waals surface area contributed by atoms with Gasteiger partial charge in [0.25, 0.3) is 5.56 Å². The second-order valence-electron chi connectivity index (χ2n) is 7.57. The quantitative estimate of drug-likeness (QED) is 0.666. The van der Waals surface area contributed by atoms with Crippen molar-refractivity contribution in [2.45, 2.75) is 39.3 Å². The fraction of sp³-hybridized carbons (Fsp3) is 0.286. The Bertz CT molecular complexity index is 1120. The number of alkyl carbamates (subject to hydrolysis) is 1. The van der Waals surface area contributed by atoms with Gasteiger partial charge in [-0.25, -0.2) is 14.2 Å². The molecule has 152 valence electrons. The highest BCUT2D eigenvalue weighted by Crippen LogP contribution is 2.25. The van der Waals surface area contributed by atoms with Crippen LogP contribution in [0.15, 0.2) is 47.3 Å². The lowest BCUT2D eigenvalue weighted by Gasteiger charge is -2.23. The monoisotopic (exact) mass is 417 g/mol. The van der Waals surface area contributed by atoms with Crippen molar-refractivity contribution in [3.05, 3.63) is 69.5 Å². The van der Waals surface area contributed by atoms with E-state index < -0.39 is 29.1 Å². The molecule has 6 nitrogen and oxygen atoms in total. The predicted octanol–water partition coefficient (Wildman–Crippen LogP) is 4.76. The van der Waals surface area contributed by atoms with Gasteiger partial charge in [-0.15, -0.1) is 0 Å². The van der Waals surface area contributed by atoms with E-state index in [1.165, 1.54) is 10.6 Å². The molecule has 0 aliphatic rings. The molecule has 1 amide bonds. The molecule has 0 aliphatic heterocycles. The fourth-order valence-electron chi connectivity index (χ4n) is 2.89. The normalized spacial score (nSPS) is 12.6. The van der Waals surface area contributed by atoms with E-state index in [1.807, 2.05) is 0 Å². The molecular weight excluding hydrogens is 397 g/mol. The topological polar surface area (TPSA) is 73.2 Å². The molecule has 1 N–H and O–H groups in total. The van der Waals surface area contributed by atoms with Crippen LogP contribution in [0.3, 0.4) is 0 Å². The van der Waals surface area contributed by atoms with E-state index in [2.05, 4.69) is 10.3 Å². The van der Waals surface area contributed by atoms with Gasteiger partial charge < -0.3 is 10.1 Å². The van der Waals surface area contributed by atoms with Crippen LogP contribution in [0.4, 0.5) is 9.18 Å². The molecule has 3 rings (SSSR count). The number of nitrogens with zero attached hydrogens (tertiary/aromatic N) is 2. The molecule has 0 fully saturated rings. The summed E-state index contributed by atoms with van der Waals surface area (Å²) in [6.45, 7) is 6.94. The summed E-state index contributed by atoms with van der Waals surface area (Å²) in [5.74, 6) is -0.437. The third-order valence-electron chi connectivity index (χ3n) is 4.09. The van der Waals surface area contributed by atoms with E-state index in [4.69, 9.17) is 16.3 Å².